The van der Waals surface area contributed by atoms with Crippen molar-refractivity contribution in [2.24, 2.45) is 0 Å². The molecule has 8 heteroatoms. The lowest BCUT2D eigenvalue weighted by atomic mass is 9.99. The van der Waals surface area contributed by atoms with E-state index in [1.54, 1.807) is 0 Å². The van der Waals surface area contributed by atoms with Crippen LogP contribution in [0, 0.1) is 0 Å². The predicted octanol–water partition coefficient (Wildman–Crippen LogP) is 4.37. The van der Waals surface area contributed by atoms with Gasteiger partial charge in [0.1, 0.15) is 23.0 Å². The van der Waals surface area contributed by atoms with Gasteiger partial charge in [-0.3, -0.25) is 14.4 Å². The average molecular weight is 449 g/mol. The largest absolute Gasteiger partial charge is 0.494 e. The first-order valence-corrected chi connectivity index (χ1v) is 10.5. The monoisotopic (exact) mass is 449 g/mol. The summed E-state index contributed by atoms with van der Waals surface area (Å²) in [5.74, 6) is -0.502. The molecule has 0 N–H and O–H groups in total. The highest BCUT2D eigenvalue weighted by Crippen LogP contribution is 2.47. The lowest BCUT2D eigenvalue weighted by molar-refractivity contribution is -0.131. The number of anilines is 1. The Labute approximate surface area is 190 Å². The Hall–Kier alpha value is -4.07. The van der Waals surface area contributed by atoms with Gasteiger partial charge in [0.15, 0.2) is 0 Å². The highest BCUT2D eigenvalue weighted by Gasteiger charge is 2.44. The van der Waals surface area contributed by atoms with E-state index in [0.717, 1.165) is 4.90 Å². The first-order chi connectivity index (χ1) is 15.9. The molecule has 0 bridgehead atoms. The maximum atomic E-state index is 13.7. The zero-order chi connectivity index (χ0) is 23.7. The second-order valence-electron chi connectivity index (χ2n) is 7.19. The Morgan fingerprint density at radius 1 is 0.879 bits per heavy atom. The minimum absolute atomic E-state index is 0.148. The average Bonchev–Trinajstić information content (AvgIpc) is 3.05. The number of rotatable bonds is 7. The molecule has 0 fully saturated rings. The lowest BCUT2D eigenvalue weighted by Gasteiger charge is -2.18. The minimum Gasteiger partial charge on any atom is -0.494 e. The van der Waals surface area contributed by atoms with E-state index in [-0.39, 0.29) is 28.3 Å². The van der Waals surface area contributed by atoms with Gasteiger partial charge in [-0.2, -0.15) is 0 Å². The van der Waals surface area contributed by atoms with Crippen molar-refractivity contribution in [1.82, 2.24) is 0 Å². The van der Waals surface area contributed by atoms with Gasteiger partial charge < -0.3 is 18.9 Å². The van der Waals surface area contributed by atoms with E-state index >= 15 is 0 Å². The topological polar surface area (TPSA) is 91.4 Å². The number of esters is 1. The number of methoxy groups -OCH3 is 1. The molecule has 1 heterocycles. The maximum absolute atomic E-state index is 13.7. The summed E-state index contributed by atoms with van der Waals surface area (Å²) in [6.45, 7) is 5.53. The van der Waals surface area contributed by atoms with Gasteiger partial charge in [-0.15, -0.1) is 0 Å². The molecule has 0 aliphatic carbocycles. The molecular weight excluding hydrogens is 426 g/mol. The van der Waals surface area contributed by atoms with Gasteiger partial charge in [0.25, 0.3) is 11.8 Å². The van der Waals surface area contributed by atoms with Crippen LogP contribution in [-0.2, 0) is 4.79 Å². The second-order valence-corrected chi connectivity index (χ2v) is 7.19. The van der Waals surface area contributed by atoms with Crippen molar-refractivity contribution in [2.45, 2.75) is 20.8 Å². The number of nitrogens with zero attached hydrogens (tertiary/aromatic N) is 1. The van der Waals surface area contributed by atoms with Crippen molar-refractivity contribution in [3.05, 3.63) is 53.6 Å². The molecular formula is C25H23NO7. The molecule has 1 aliphatic rings. The quantitative estimate of drug-likeness (QED) is 0.300. The third kappa shape index (κ3) is 3.63. The smallest absolute Gasteiger partial charge is 0.308 e. The van der Waals surface area contributed by atoms with Gasteiger partial charge >= 0.3 is 5.97 Å². The van der Waals surface area contributed by atoms with Crippen molar-refractivity contribution >= 4 is 34.2 Å². The highest BCUT2D eigenvalue weighted by atomic mass is 16.5. The molecule has 0 radical (unpaired) electrons. The van der Waals surface area contributed by atoms with Gasteiger partial charge in [0.05, 0.1) is 37.1 Å². The van der Waals surface area contributed by atoms with Crippen molar-refractivity contribution in [1.29, 1.82) is 0 Å². The molecule has 1 aliphatic heterocycles. The SMILES string of the molecule is CCOc1c2c(c(OCC)c3ccccc13)C(=O)N(c1ccc(OC(C)=O)cc1OC)C2=O. The summed E-state index contributed by atoms with van der Waals surface area (Å²) >= 11 is 0. The van der Waals surface area contributed by atoms with Crippen LogP contribution in [0.15, 0.2) is 42.5 Å². The van der Waals surface area contributed by atoms with Crippen LogP contribution in [0.2, 0.25) is 0 Å². The highest BCUT2D eigenvalue weighted by molar-refractivity contribution is 6.38. The van der Waals surface area contributed by atoms with Gasteiger partial charge in [-0.1, -0.05) is 24.3 Å². The number of fused-ring (bicyclic) bond motifs is 2. The van der Waals surface area contributed by atoms with E-state index in [1.807, 2.05) is 38.1 Å². The van der Waals surface area contributed by atoms with Crippen LogP contribution in [0.3, 0.4) is 0 Å². The van der Waals surface area contributed by atoms with Crippen molar-refractivity contribution in [3.8, 4) is 23.0 Å². The van der Waals surface area contributed by atoms with E-state index < -0.39 is 17.8 Å². The summed E-state index contributed by atoms with van der Waals surface area (Å²) in [6, 6.07) is 11.8. The number of amides is 2. The first kappa shape index (κ1) is 22.1. The lowest BCUT2D eigenvalue weighted by Crippen LogP contribution is -2.30. The van der Waals surface area contributed by atoms with Crippen molar-refractivity contribution in [3.63, 3.8) is 0 Å². The molecule has 2 amide bonds. The fourth-order valence-electron chi connectivity index (χ4n) is 3.98. The molecule has 0 saturated carbocycles. The molecule has 8 nitrogen and oxygen atoms in total. The van der Waals surface area contributed by atoms with Crippen LogP contribution < -0.4 is 23.8 Å². The molecule has 4 rings (SSSR count). The number of ether oxygens (including phenoxy) is 4. The number of carbonyl (C=O) groups is 3. The number of benzene rings is 3. The van der Waals surface area contributed by atoms with Gasteiger partial charge in [0, 0.05) is 23.8 Å². The summed E-state index contributed by atoms with van der Waals surface area (Å²) in [4.78, 5) is 39.7. The minimum atomic E-state index is -0.552. The molecule has 0 saturated heterocycles. The number of carbonyl (C=O) groups excluding carboxylic acids is 3. The molecule has 170 valence electrons. The molecule has 3 aromatic carbocycles. The zero-order valence-electron chi connectivity index (χ0n) is 18.8. The Balaban J connectivity index is 1.95. The summed E-state index contributed by atoms with van der Waals surface area (Å²) in [5.41, 5.74) is 0.513. The van der Waals surface area contributed by atoms with E-state index in [2.05, 4.69) is 0 Å². The fraction of sp³-hybridized carbons (Fsp3) is 0.240. The zero-order valence-corrected chi connectivity index (χ0v) is 18.8. The van der Waals surface area contributed by atoms with Gasteiger partial charge in [-0.25, -0.2) is 4.90 Å². The van der Waals surface area contributed by atoms with Crippen LogP contribution >= 0.6 is 0 Å². The first-order valence-electron chi connectivity index (χ1n) is 10.5. The third-order valence-electron chi connectivity index (χ3n) is 5.19. The summed E-state index contributed by atoms with van der Waals surface area (Å²) in [5, 5.41) is 1.36. The summed E-state index contributed by atoms with van der Waals surface area (Å²) in [6.07, 6.45) is 0. The maximum Gasteiger partial charge on any atom is 0.308 e. The van der Waals surface area contributed by atoms with Gasteiger partial charge in [0.2, 0.25) is 0 Å². The fourth-order valence-corrected chi connectivity index (χ4v) is 3.98. The van der Waals surface area contributed by atoms with Crippen molar-refractivity contribution in [2.75, 3.05) is 25.2 Å². The standard InChI is InChI=1S/C25H23NO7/c1-5-31-22-16-9-7-8-10-17(16)23(32-6-2)21-20(22)24(28)26(25(21)29)18-12-11-15(33-14(3)27)13-19(18)30-4/h7-13H,5-6H2,1-4H3. The number of hydrogen-bond acceptors (Lipinski definition) is 7. The third-order valence-corrected chi connectivity index (χ3v) is 5.19. The van der Waals surface area contributed by atoms with Crippen LogP contribution in [-0.4, -0.2) is 38.1 Å². The molecule has 33 heavy (non-hydrogen) atoms. The molecule has 3 aromatic rings. The molecule has 0 atom stereocenters. The molecule has 0 aromatic heterocycles. The van der Waals surface area contributed by atoms with E-state index in [0.29, 0.717) is 35.5 Å². The molecule has 0 spiro atoms. The van der Waals surface area contributed by atoms with E-state index in [1.165, 1.54) is 32.2 Å². The summed E-state index contributed by atoms with van der Waals surface area (Å²) < 4.78 is 22.3. The molecule has 0 unspecified atom stereocenters. The Bertz CT molecular complexity index is 1220. The van der Waals surface area contributed by atoms with Gasteiger partial charge in [-0.05, 0) is 26.0 Å². The Morgan fingerprint density at radius 3 is 1.88 bits per heavy atom. The number of imide groups is 1. The van der Waals surface area contributed by atoms with E-state index in [4.69, 9.17) is 18.9 Å². The van der Waals surface area contributed by atoms with Crippen LogP contribution in [0.4, 0.5) is 5.69 Å². The van der Waals surface area contributed by atoms with Crippen LogP contribution in [0.25, 0.3) is 10.8 Å². The van der Waals surface area contributed by atoms with Crippen molar-refractivity contribution < 1.29 is 33.3 Å². The summed E-state index contributed by atoms with van der Waals surface area (Å²) in [7, 11) is 1.40. The Kier molecular flexibility index (Phi) is 5.91. The van der Waals surface area contributed by atoms with Crippen LogP contribution in [0.5, 0.6) is 23.0 Å². The number of hydrogen-bond donors (Lipinski definition) is 0. The predicted molar refractivity (Wildman–Crippen MR) is 122 cm³/mol. The normalized spacial score (nSPS) is 12.7. The van der Waals surface area contributed by atoms with E-state index in [9.17, 15) is 14.4 Å². The second kappa shape index (κ2) is 8.82. The Morgan fingerprint density at radius 2 is 1.42 bits per heavy atom. The van der Waals surface area contributed by atoms with Crippen LogP contribution in [0.1, 0.15) is 41.5 Å².